The molecule has 0 aromatic heterocycles. The maximum absolute atomic E-state index is 12.0. The average molecular weight is 350 g/mol. The SMILES string of the molecule is COc1ccc(C(C)NC(=O)/C=C/c2ccc(Cl)cc2Cl)cc1. The number of methoxy groups -OCH3 is 1. The maximum atomic E-state index is 12.0. The number of halogens is 2. The van der Waals surface area contributed by atoms with Crippen LogP contribution in [0.25, 0.3) is 6.08 Å². The standard InChI is InChI=1S/C18H17Cl2NO2/c1-12(13-4-8-16(23-2)9-5-13)21-18(22)10-6-14-3-7-15(19)11-17(14)20/h3-12H,1-2H3,(H,21,22)/b10-6+. The third-order valence-corrected chi connectivity index (χ3v) is 3.91. The van der Waals surface area contributed by atoms with E-state index in [2.05, 4.69) is 5.32 Å². The van der Waals surface area contributed by atoms with Gasteiger partial charge in [0, 0.05) is 16.1 Å². The molecule has 5 heteroatoms. The zero-order valence-electron chi connectivity index (χ0n) is 12.8. The monoisotopic (exact) mass is 349 g/mol. The van der Waals surface area contributed by atoms with Gasteiger partial charge in [0.05, 0.1) is 13.2 Å². The highest BCUT2D eigenvalue weighted by molar-refractivity contribution is 6.35. The number of benzene rings is 2. The number of ether oxygens (including phenoxy) is 1. The summed E-state index contributed by atoms with van der Waals surface area (Å²) in [6.45, 7) is 1.92. The van der Waals surface area contributed by atoms with Gasteiger partial charge in [-0.1, -0.05) is 41.4 Å². The Labute approximate surface area is 145 Å². The molecular formula is C18H17Cl2NO2. The van der Waals surface area contributed by atoms with Gasteiger partial charge in [0.1, 0.15) is 5.75 Å². The third-order valence-electron chi connectivity index (χ3n) is 3.35. The number of rotatable bonds is 5. The van der Waals surface area contributed by atoms with Crippen molar-refractivity contribution in [2.75, 3.05) is 7.11 Å². The predicted octanol–water partition coefficient (Wildman–Crippen LogP) is 4.89. The Morgan fingerprint density at radius 2 is 1.87 bits per heavy atom. The molecule has 0 spiro atoms. The molecule has 0 aliphatic heterocycles. The van der Waals surface area contributed by atoms with Gasteiger partial charge in [-0.05, 0) is 48.4 Å². The van der Waals surface area contributed by atoms with Crippen molar-refractivity contribution in [2.45, 2.75) is 13.0 Å². The van der Waals surface area contributed by atoms with Crippen LogP contribution in [0, 0.1) is 0 Å². The molecule has 0 bridgehead atoms. The fourth-order valence-electron chi connectivity index (χ4n) is 2.04. The fraction of sp³-hybridized carbons (Fsp3) is 0.167. The molecule has 0 radical (unpaired) electrons. The zero-order chi connectivity index (χ0) is 16.8. The van der Waals surface area contributed by atoms with Crippen LogP contribution >= 0.6 is 23.2 Å². The van der Waals surface area contributed by atoms with Gasteiger partial charge in [-0.2, -0.15) is 0 Å². The molecule has 1 atom stereocenters. The smallest absolute Gasteiger partial charge is 0.244 e. The molecule has 1 unspecified atom stereocenters. The molecule has 0 aliphatic carbocycles. The number of carbonyl (C=O) groups is 1. The Bertz CT molecular complexity index is 711. The van der Waals surface area contributed by atoms with Gasteiger partial charge in [-0.3, -0.25) is 4.79 Å². The van der Waals surface area contributed by atoms with Crippen LogP contribution < -0.4 is 10.1 Å². The summed E-state index contributed by atoms with van der Waals surface area (Å²) >= 11 is 11.9. The first-order valence-electron chi connectivity index (χ1n) is 7.07. The number of hydrogen-bond acceptors (Lipinski definition) is 2. The van der Waals surface area contributed by atoms with Crippen molar-refractivity contribution >= 4 is 35.2 Å². The molecule has 0 fully saturated rings. The first-order valence-corrected chi connectivity index (χ1v) is 7.83. The molecule has 0 aliphatic rings. The van der Waals surface area contributed by atoms with E-state index in [0.717, 1.165) is 16.9 Å². The second kappa shape index (κ2) is 8.04. The van der Waals surface area contributed by atoms with E-state index in [9.17, 15) is 4.79 Å². The van der Waals surface area contributed by atoms with Crippen molar-refractivity contribution in [3.63, 3.8) is 0 Å². The highest BCUT2D eigenvalue weighted by Gasteiger charge is 2.08. The molecule has 2 aromatic carbocycles. The number of amides is 1. The Morgan fingerprint density at radius 1 is 1.17 bits per heavy atom. The van der Waals surface area contributed by atoms with Crippen molar-refractivity contribution in [3.8, 4) is 5.75 Å². The van der Waals surface area contributed by atoms with Gasteiger partial charge < -0.3 is 10.1 Å². The van der Waals surface area contributed by atoms with Crippen molar-refractivity contribution in [2.24, 2.45) is 0 Å². The number of nitrogens with one attached hydrogen (secondary N) is 1. The predicted molar refractivity (Wildman–Crippen MR) is 95.0 cm³/mol. The Hall–Kier alpha value is -1.97. The second-order valence-corrected chi connectivity index (χ2v) is 5.85. The van der Waals surface area contributed by atoms with Crippen molar-refractivity contribution < 1.29 is 9.53 Å². The van der Waals surface area contributed by atoms with Crippen LogP contribution in [0.1, 0.15) is 24.1 Å². The Balaban J connectivity index is 1.99. The second-order valence-electron chi connectivity index (χ2n) is 5.00. The van der Waals surface area contributed by atoms with E-state index in [1.54, 1.807) is 31.4 Å². The first-order chi connectivity index (χ1) is 11.0. The molecule has 0 heterocycles. The minimum Gasteiger partial charge on any atom is -0.497 e. The van der Waals surface area contributed by atoms with Gasteiger partial charge in [0.2, 0.25) is 5.91 Å². The van der Waals surface area contributed by atoms with Crippen LogP contribution in [0.3, 0.4) is 0 Å². The topological polar surface area (TPSA) is 38.3 Å². The van der Waals surface area contributed by atoms with Gasteiger partial charge in [-0.25, -0.2) is 0 Å². The third kappa shape index (κ3) is 5.02. The van der Waals surface area contributed by atoms with Crippen molar-refractivity contribution in [1.82, 2.24) is 5.32 Å². The van der Waals surface area contributed by atoms with E-state index in [1.165, 1.54) is 6.08 Å². The summed E-state index contributed by atoms with van der Waals surface area (Å²) in [7, 11) is 1.62. The molecule has 1 amide bonds. The van der Waals surface area contributed by atoms with Crippen molar-refractivity contribution in [3.05, 3.63) is 69.7 Å². The summed E-state index contributed by atoms with van der Waals surface area (Å²) < 4.78 is 5.12. The largest absolute Gasteiger partial charge is 0.497 e. The molecule has 3 nitrogen and oxygen atoms in total. The quantitative estimate of drug-likeness (QED) is 0.780. The van der Waals surface area contributed by atoms with E-state index in [0.29, 0.717) is 10.0 Å². The molecule has 0 saturated carbocycles. The van der Waals surface area contributed by atoms with E-state index < -0.39 is 0 Å². The summed E-state index contributed by atoms with van der Waals surface area (Å²) in [5, 5.41) is 3.96. The molecule has 0 saturated heterocycles. The van der Waals surface area contributed by atoms with Crippen LogP contribution in [0.5, 0.6) is 5.75 Å². The number of hydrogen-bond donors (Lipinski definition) is 1. The first kappa shape index (κ1) is 17.4. The highest BCUT2D eigenvalue weighted by atomic mass is 35.5. The molecule has 1 N–H and O–H groups in total. The van der Waals surface area contributed by atoms with Crippen LogP contribution in [0.15, 0.2) is 48.5 Å². The lowest BCUT2D eigenvalue weighted by Gasteiger charge is -2.13. The Kier molecular flexibility index (Phi) is 6.08. The molecular weight excluding hydrogens is 333 g/mol. The van der Waals surface area contributed by atoms with E-state index in [4.69, 9.17) is 27.9 Å². The molecule has 2 aromatic rings. The minimum absolute atomic E-state index is 0.112. The van der Waals surface area contributed by atoms with Crippen molar-refractivity contribution in [1.29, 1.82) is 0 Å². The normalized spacial score (nSPS) is 12.2. The van der Waals surface area contributed by atoms with Crippen LogP contribution in [0.4, 0.5) is 0 Å². The van der Waals surface area contributed by atoms with E-state index >= 15 is 0 Å². The Morgan fingerprint density at radius 3 is 2.48 bits per heavy atom. The summed E-state index contributed by atoms with van der Waals surface area (Å²) in [4.78, 5) is 12.0. The molecule has 2 rings (SSSR count). The lowest BCUT2D eigenvalue weighted by Crippen LogP contribution is -2.24. The summed E-state index contributed by atoms with van der Waals surface area (Å²) in [5.74, 6) is 0.587. The minimum atomic E-state index is -0.195. The number of carbonyl (C=O) groups excluding carboxylic acids is 1. The van der Waals surface area contributed by atoms with Gasteiger partial charge in [-0.15, -0.1) is 0 Å². The van der Waals surface area contributed by atoms with Crippen LogP contribution in [0.2, 0.25) is 10.0 Å². The lowest BCUT2D eigenvalue weighted by molar-refractivity contribution is -0.117. The fourth-order valence-corrected chi connectivity index (χ4v) is 2.51. The molecule has 23 heavy (non-hydrogen) atoms. The van der Waals surface area contributed by atoms with Crippen LogP contribution in [-0.4, -0.2) is 13.0 Å². The van der Waals surface area contributed by atoms with E-state index in [1.807, 2.05) is 31.2 Å². The molecule has 120 valence electrons. The van der Waals surface area contributed by atoms with Gasteiger partial charge in [0.15, 0.2) is 0 Å². The van der Waals surface area contributed by atoms with Crippen LogP contribution in [-0.2, 0) is 4.79 Å². The van der Waals surface area contributed by atoms with Gasteiger partial charge >= 0.3 is 0 Å². The summed E-state index contributed by atoms with van der Waals surface area (Å²) in [6, 6.07) is 12.6. The maximum Gasteiger partial charge on any atom is 0.244 e. The van der Waals surface area contributed by atoms with Gasteiger partial charge in [0.25, 0.3) is 0 Å². The summed E-state index contributed by atoms with van der Waals surface area (Å²) in [5.41, 5.74) is 1.74. The average Bonchev–Trinajstić information content (AvgIpc) is 2.54. The summed E-state index contributed by atoms with van der Waals surface area (Å²) in [6.07, 6.45) is 3.11. The zero-order valence-corrected chi connectivity index (χ0v) is 14.4. The highest BCUT2D eigenvalue weighted by Crippen LogP contribution is 2.22. The van der Waals surface area contributed by atoms with E-state index in [-0.39, 0.29) is 11.9 Å². The lowest BCUT2D eigenvalue weighted by atomic mass is 10.1.